The van der Waals surface area contributed by atoms with E-state index in [1.54, 1.807) is 29.2 Å². The number of aromatic nitrogens is 2. The maximum atomic E-state index is 14.8. The van der Waals surface area contributed by atoms with Gasteiger partial charge in [0, 0.05) is 50.6 Å². The number of carbonyl (C=O) groups is 1. The molecule has 8 nitrogen and oxygen atoms in total. The van der Waals surface area contributed by atoms with Gasteiger partial charge in [0.2, 0.25) is 6.79 Å². The fourth-order valence-electron chi connectivity index (χ4n) is 4.96. The fraction of sp³-hybridized carbons (Fsp3) is 0.250. The molecule has 0 spiro atoms. The minimum absolute atomic E-state index is 0.00695. The molecule has 38 heavy (non-hydrogen) atoms. The first-order valence-electron chi connectivity index (χ1n) is 12.3. The van der Waals surface area contributed by atoms with Crippen LogP contribution >= 0.6 is 0 Å². The number of fused-ring (bicyclic) bond motifs is 2. The summed E-state index contributed by atoms with van der Waals surface area (Å²) < 4.78 is 40.3. The van der Waals surface area contributed by atoms with E-state index >= 15 is 0 Å². The summed E-state index contributed by atoms with van der Waals surface area (Å²) in [4.78, 5) is 29.1. The second kappa shape index (κ2) is 9.86. The Kier molecular flexibility index (Phi) is 6.24. The lowest BCUT2D eigenvalue weighted by Gasteiger charge is -2.35. The zero-order chi connectivity index (χ0) is 26.2. The molecule has 0 aliphatic carbocycles. The van der Waals surface area contributed by atoms with Crippen molar-refractivity contribution in [3.63, 3.8) is 0 Å². The number of rotatable bonds is 5. The number of benzene rings is 3. The van der Waals surface area contributed by atoms with Crippen molar-refractivity contribution >= 4 is 16.7 Å². The number of nitrogens with one attached hydrogen (secondary N) is 1. The smallest absolute Gasteiger partial charge is 0.272 e. The molecule has 1 saturated heterocycles. The number of carbonyl (C=O) groups excluding carboxylic acids is 1. The van der Waals surface area contributed by atoms with Crippen molar-refractivity contribution < 1.29 is 23.0 Å². The predicted molar refractivity (Wildman–Crippen MR) is 135 cm³/mol. The third-order valence-electron chi connectivity index (χ3n) is 7.00. The highest BCUT2D eigenvalue weighted by molar-refractivity contribution is 5.95. The molecule has 6 rings (SSSR count). The lowest BCUT2D eigenvalue weighted by molar-refractivity contribution is 0.0623. The van der Waals surface area contributed by atoms with Crippen LogP contribution in [-0.2, 0) is 13.0 Å². The van der Waals surface area contributed by atoms with Gasteiger partial charge in [-0.2, -0.15) is 5.10 Å². The molecular weight excluding hydrogens is 494 g/mol. The molecule has 1 fully saturated rings. The first kappa shape index (κ1) is 24.1. The molecule has 2 aliphatic rings. The maximum absolute atomic E-state index is 14.8. The Hall–Kier alpha value is -4.31. The van der Waals surface area contributed by atoms with Gasteiger partial charge in [-0.3, -0.25) is 14.5 Å². The maximum Gasteiger partial charge on any atom is 0.272 e. The van der Waals surface area contributed by atoms with E-state index in [2.05, 4.69) is 15.1 Å². The van der Waals surface area contributed by atoms with E-state index in [1.165, 1.54) is 6.07 Å². The number of halogens is 2. The molecule has 3 heterocycles. The SMILES string of the molecule is O=C(c1cc(Cc2n[nH]c(=O)c3ccccc23)c(F)cc1F)N1CCN(Cc2ccc3c(c2)OCO3)CC1. The van der Waals surface area contributed by atoms with Crippen LogP contribution in [0.5, 0.6) is 11.5 Å². The second-order valence-corrected chi connectivity index (χ2v) is 9.40. The van der Waals surface area contributed by atoms with Gasteiger partial charge in [-0.1, -0.05) is 24.3 Å². The molecule has 0 radical (unpaired) electrons. The van der Waals surface area contributed by atoms with Crippen LogP contribution in [0.4, 0.5) is 8.78 Å². The molecule has 0 saturated carbocycles. The average Bonchev–Trinajstić information content (AvgIpc) is 3.40. The van der Waals surface area contributed by atoms with E-state index in [9.17, 15) is 18.4 Å². The molecule has 1 N–H and O–H groups in total. The largest absolute Gasteiger partial charge is 0.454 e. The Labute approximate surface area is 216 Å². The summed E-state index contributed by atoms with van der Waals surface area (Å²) in [6.07, 6.45) is -0.00695. The first-order chi connectivity index (χ1) is 18.5. The summed E-state index contributed by atoms with van der Waals surface area (Å²) in [5, 5.41) is 7.50. The molecular formula is C28H24F2N4O4. The number of nitrogens with zero attached hydrogens (tertiary/aromatic N) is 3. The van der Waals surface area contributed by atoms with E-state index in [0.29, 0.717) is 49.2 Å². The first-order valence-corrected chi connectivity index (χ1v) is 12.3. The van der Waals surface area contributed by atoms with Gasteiger partial charge in [-0.05, 0) is 35.4 Å². The number of ether oxygens (including phenoxy) is 2. The average molecular weight is 519 g/mol. The summed E-state index contributed by atoms with van der Waals surface area (Å²) in [5.74, 6) is -0.702. The Bertz CT molecular complexity index is 1600. The van der Waals surface area contributed by atoms with Crippen molar-refractivity contribution in [1.82, 2.24) is 20.0 Å². The number of piperazine rings is 1. The Balaban J connectivity index is 1.16. The molecule has 2 aliphatic heterocycles. The van der Waals surface area contributed by atoms with Crippen LogP contribution in [-0.4, -0.2) is 58.9 Å². The third kappa shape index (κ3) is 4.58. The molecule has 0 bridgehead atoms. The van der Waals surface area contributed by atoms with Crippen LogP contribution in [0, 0.1) is 11.6 Å². The number of H-pyrrole nitrogens is 1. The van der Waals surface area contributed by atoms with Crippen LogP contribution < -0.4 is 15.0 Å². The summed E-state index contributed by atoms with van der Waals surface area (Å²) >= 11 is 0. The minimum atomic E-state index is -0.904. The quantitative estimate of drug-likeness (QED) is 0.435. The standard InChI is InChI=1S/C28H24F2N4O4/c29-22-14-23(30)21(12-18(22)13-24-19-3-1-2-4-20(19)27(35)32-31-24)28(36)34-9-7-33(8-10-34)15-17-5-6-25-26(11-17)38-16-37-25/h1-6,11-12,14H,7-10,13,15-16H2,(H,32,35). The van der Waals surface area contributed by atoms with Crippen LogP contribution in [0.1, 0.15) is 27.2 Å². The van der Waals surface area contributed by atoms with Crippen molar-refractivity contribution in [1.29, 1.82) is 0 Å². The molecule has 1 amide bonds. The van der Waals surface area contributed by atoms with Gasteiger partial charge in [0.25, 0.3) is 11.5 Å². The molecule has 3 aromatic carbocycles. The van der Waals surface area contributed by atoms with Crippen molar-refractivity contribution in [3.8, 4) is 11.5 Å². The monoisotopic (exact) mass is 518 g/mol. The van der Waals surface area contributed by atoms with E-state index < -0.39 is 17.5 Å². The van der Waals surface area contributed by atoms with E-state index in [-0.39, 0.29) is 29.9 Å². The van der Waals surface area contributed by atoms with Crippen LogP contribution in [0.3, 0.4) is 0 Å². The van der Waals surface area contributed by atoms with Crippen LogP contribution in [0.15, 0.2) is 59.4 Å². The minimum Gasteiger partial charge on any atom is -0.454 e. The zero-order valence-electron chi connectivity index (χ0n) is 20.4. The highest BCUT2D eigenvalue weighted by Crippen LogP contribution is 2.33. The lowest BCUT2D eigenvalue weighted by Crippen LogP contribution is -2.48. The zero-order valence-corrected chi connectivity index (χ0v) is 20.4. The number of aromatic amines is 1. The third-order valence-corrected chi connectivity index (χ3v) is 7.00. The Morgan fingerprint density at radius 1 is 0.921 bits per heavy atom. The van der Waals surface area contributed by atoms with Gasteiger partial charge < -0.3 is 14.4 Å². The van der Waals surface area contributed by atoms with E-state index in [4.69, 9.17) is 9.47 Å². The van der Waals surface area contributed by atoms with Gasteiger partial charge in [0.05, 0.1) is 16.6 Å². The molecule has 194 valence electrons. The topological polar surface area (TPSA) is 87.8 Å². The fourth-order valence-corrected chi connectivity index (χ4v) is 4.96. The highest BCUT2D eigenvalue weighted by atomic mass is 19.1. The molecule has 0 atom stereocenters. The van der Waals surface area contributed by atoms with Gasteiger partial charge in [0.1, 0.15) is 11.6 Å². The van der Waals surface area contributed by atoms with Gasteiger partial charge in [-0.25, -0.2) is 13.9 Å². The summed E-state index contributed by atoms with van der Waals surface area (Å²) in [5.41, 5.74) is 1.10. The Morgan fingerprint density at radius 2 is 1.68 bits per heavy atom. The van der Waals surface area contributed by atoms with Crippen molar-refractivity contribution in [2.75, 3.05) is 33.0 Å². The second-order valence-electron chi connectivity index (χ2n) is 9.40. The number of hydrogen-bond acceptors (Lipinski definition) is 6. The van der Waals surface area contributed by atoms with Crippen LogP contribution in [0.25, 0.3) is 10.8 Å². The van der Waals surface area contributed by atoms with Crippen molar-refractivity contribution in [3.05, 3.63) is 99.0 Å². The molecule has 4 aromatic rings. The molecule has 0 unspecified atom stereocenters. The van der Waals surface area contributed by atoms with Gasteiger partial charge in [-0.15, -0.1) is 0 Å². The summed E-state index contributed by atoms with van der Waals surface area (Å²) in [6, 6.07) is 14.7. The number of hydrogen-bond donors (Lipinski definition) is 1. The summed E-state index contributed by atoms with van der Waals surface area (Å²) in [7, 11) is 0. The molecule has 1 aromatic heterocycles. The van der Waals surface area contributed by atoms with Crippen molar-refractivity contribution in [2.45, 2.75) is 13.0 Å². The van der Waals surface area contributed by atoms with Crippen LogP contribution in [0.2, 0.25) is 0 Å². The summed E-state index contributed by atoms with van der Waals surface area (Å²) in [6.45, 7) is 2.97. The van der Waals surface area contributed by atoms with Crippen molar-refractivity contribution in [2.24, 2.45) is 0 Å². The lowest BCUT2D eigenvalue weighted by atomic mass is 10.0. The molecule has 10 heteroatoms. The Morgan fingerprint density at radius 3 is 2.50 bits per heavy atom. The van der Waals surface area contributed by atoms with Gasteiger partial charge in [0.15, 0.2) is 11.5 Å². The normalized spacial score (nSPS) is 15.3. The van der Waals surface area contributed by atoms with Gasteiger partial charge >= 0.3 is 0 Å². The predicted octanol–water partition coefficient (Wildman–Crippen LogP) is 3.48. The van der Waals surface area contributed by atoms with E-state index in [0.717, 1.165) is 23.1 Å². The van der Waals surface area contributed by atoms with E-state index in [1.807, 2.05) is 18.2 Å². The highest BCUT2D eigenvalue weighted by Gasteiger charge is 2.26. The number of amides is 1.